The second-order valence-electron chi connectivity index (χ2n) is 10.5. The highest BCUT2D eigenvalue weighted by molar-refractivity contribution is 5.39. The van der Waals surface area contributed by atoms with E-state index in [4.69, 9.17) is 47.4 Å². The van der Waals surface area contributed by atoms with Gasteiger partial charge in [-0.2, -0.15) is 0 Å². The highest BCUT2D eigenvalue weighted by Crippen LogP contribution is 2.36. The third-order valence-corrected chi connectivity index (χ3v) is 7.52. The normalized spacial score (nSPS) is 29.5. The molecule has 0 amide bonds. The van der Waals surface area contributed by atoms with E-state index in [1.54, 1.807) is 0 Å². The highest BCUT2D eigenvalue weighted by Gasteiger charge is 2.46. The fraction of sp³-hybridized carbons (Fsp3) is 0.471. The van der Waals surface area contributed by atoms with Crippen molar-refractivity contribution in [3.63, 3.8) is 0 Å². The van der Waals surface area contributed by atoms with Crippen molar-refractivity contribution in [2.24, 2.45) is 0 Å². The Bertz CT molecular complexity index is 1150. The molecule has 0 spiro atoms. The summed E-state index contributed by atoms with van der Waals surface area (Å²) in [5.41, 5.74) is 1.84. The van der Waals surface area contributed by atoms with Crippen LogP contribution in [0.2, 0.25) is 0 Å². The van der Waals surface area contributed by atoms with Crippen molar-refractivity contribution in [3.05, 3.63) is 96.1 Å². The lowest BCUT2D eigenvalue weighted by Crippen LogP contribution is -2.57. The van der Waals surface area contributed by atoms with Crippen LogP contribution in [0.15, 0.2) is 84.9 Å². The third kappa shape index (κ3) is 8.35. The Morgan fingerprint density at radius 3 is 1.27 bits per heavy atom. The van der Waals surface area contributed by atoms with Gasteiger partial charge in [0.15, 0.2) is 24.1 Å². The van der Waals surface area contributed by atoms with Crippen molar-refractivity contribution in [2.45, 2.75) is 37.0 Å². The number of fused-ring (bicyclic) bond motifs is 4. The second kappa shape index (κ2) is 16.3. The first-order chi connectivity index (χ1) is 21.8. The molecule has 3 aliphatic rings. The van der Waals surface area contributed by atoms with Crippen LogP contribution in [-0.2, 0) is 37.9 Å². The summed E-state index contributed by atoms with van der Waals surface area (Å²) in [6, 6.07) is 27.3. The largest absolute Gasteiger partial charge is 0.487 e. The Labute approximate surface area is 258 Å². The van der Waals surface area contributed by atoms with Gasteiger partial charge in [-0.1, -0.05) is 72.8 Å². The predicted molar refractivity (Wildman–Crippen MR) is 159 cm³/mol. The second-order valence-corrected chi connectivity index (χ2v) is 10.5. The van der Waals surface area contributed by atoms with Crippen LogP contribution in [0.4, 0.5) is 0 Å². The summed E-state index contributed by atoms with van der Waals surface area (Å²) in [6.07, 6.45) is -3.01. The molecule has 3 aromatic carbocycles. The van der Waals surface area contributed by atoms with E-state index in [1.807, 2.05) is 84.9 Å². The average molecular weight is 609 g/mol. The maximum Gasteiger partial charge on any atom is 0.184 e. The molecule has 0 N–H and O–H groups in total. The van der Waals surface area contributed by atoms with Gasteiger partial charge in [0.2, 0.25) is 0 Å². The number of benzene rings is 3. The lowest BCUT2D eigenvalue weighted by atomic mass is 10.00. The average Bonchev–Trinajstić information content (AvgIpc) is 3.08. The Hall–Kier alpha value is -3.06. The molecule has 0 aromatic heterocycles. The fourth-order valence-electron chi connectivity index (χ4n) is 5.36. The summed E-state index contributed by atoms with van der Waals surface area (Å²) in [4.78, 5) is 0. The number of para-hydroxylation sites is 2. The topological polar surface area (TPSA) is 92.3 Å². The lowest BCUT2D eigenvalue weighted by molar-refractivity contribution is -0.340. The van der Waals surface area contributed by atoms with Crippen molar-refractivity contribution in [1.29, 1.82) is 0 Å². The first kappa shape index (κ1) is 30.9. The van der Waals surface area contributed by atoms with Crippen LogP contribution in [0, 0.1) is 0 Å². The third-order valence-electron chi connectivity index (χ3n) is 7.52. The van der Waals surface area contributed by atoms with Gasteiger partial charge in [0, 0.05) is 11.1 Å². The monoisotopic (exact) mass is 608 g/mol. The van der Waals surface area contributed by atoms with Gasteiger partial charge < -0.3 is 47.4 Å². The van der Waals surface area contributed by atoms with Gasteiger partial charge in [0.05, 0.1) is 52.9 Å². The number of hydrogen-bond donors (Lipinski definition) is 0. The minimum atomic E-state index is -0.575. The van der Waals surface area contributed by atoms with E-state index in [0.29, 0.717) is 77.6 Å². The summed E-state index contributed by atoms with van der Waals surface area (Å²) < 4.78 is 61.6. The summed E-state index contributed by atoms with van der Waals surface area (Å²) >= 11 is 0. The van der Waals surface area contributed by atoms with E-state index in [2.05, 4.69) is 0 Å². The summed E-state index contributed by atoms with van der Waals surface area (Å²) in [5.74, 6) is 1.32. The first-order valence-corrected chi connectivity index (χ1v) is 15.2. The van der Waals surface area contributed by atoms with Crippen LogP contribution in [0.3, 0.4) is 0 Å². The number of rotatable bonds is 2. The van der Waals surface area contributed by atoms with Crippen molar-refractivity contribution in [1.82, 2.24) is 0 Å². The van der Waals surface area contributed by atoms with Crippen LogP contribution >= 0.6 is 0 Å². The van der Waals surface area contributed by atoms with E-state index >= 15 is 0 Å². The van der Waals surface area contributed by atoms with E-state index in [-0.39, 0.29) is 0 Å². The summed E-state index contributed by atoms with van der Waals surface area (Å²) in [5, 5.41) is 0. The molecule has 236 valence electrons. The standard InChI is InChI=1S/C34H40O10/c1-3-9-25(10-4-1)33-41-23-29-31(43-33)32-30(24-42-34(44-32)26-11-5-2-6-12-26)40-22-18-36-16-20-38-28-14-8-7-13-27(28)37-19-15-35-17-21-39-29/h1-14,29-34H,15-24H2/t29-,30+,31-,32-,33-,34+/m1/s1. The van der Waals surface area contributed by atoms with Gasteiger partial charge >= 0.3 is 0 Å². The summed E-state index contributed by atoms with van der Waals surface area (Å²) in [6.45, 7) is 3.63. The molecule has 0 radical (unpaired) electrons. The van der Waals surface area contributed by atoms with Crippen LogP contribution < -0.4 is 9.47 Å². The van der Waals surface area contributed by atoms with Gasteiger partial charge in [-0.3, -0.25) is 0 Å². The van der Waals surface area contributed by atoms with Crippen molar-refractivity contribution >= 4 is 0 Å². The lowest BCUT2D eigenvalue weighted by Gasteiger charge is -2.45. The molecule has 2 saturated heterocycles. The van der Waals surface area contributed by atoms with Crippen LogP contribution in [0.1, 0.15) is 23.7 Å². The molecule has 0 saturated carbocycles. The van der Waals surface area contributed by atoms with Gasteiger partial charge in [-0.15, -0.1) is 0 Å². The molecule has 6 rings (SSSR count). The smallest absolute Gasteiger partial charge is 0.184 e. The molecule has 3 aromatic rings. The van der Waals surface area contributed by atoms with Crippen LogP contribution in [0.5, 0.6) is 11.5 Å². The maximum absolute atomic E-state index is 6.62. The van der Waals surface area contributed by atoms with Crippen molar-refractivity contribution in [3.8, 4) is 11.5 Å². The molecule has 0 unspecified atom stereocenters. The number of ether oxygens (including phenoxy) is 10. The molecule has 0 aliphatic carbocycles. The Kier molecular flexibility index (Phi) is 11.5. The minimum Gasteiger partial charge on any atom is -0.487 e. The van der Waals surface area contributed by atoms with Crippen LogP contribution in [-0.4, -0.2) is 90.5 Å². The van der Waals surface area contributed by atoms with Gasteiger partial charge in [0.1, 0.15) is 37.6 Å². The van der Waals surface area contributed by atoms with E-state index in [9.17, 15) is 0 Å². The molecular weight excluding hydrogens is 568 g/mol. The van der Waals surface area contributed by atoms with Gasteiger partial charge in [-0.25, -0.2) is 0 Å². The predicted octanol–water partition coefficient (Wildman–Crippen LogP) is 4.49. The minimum absolute atomic E-state index is 0.316. The Morgan fingerprint density at radius 1 is 0.409 bits per heavy atom. The number of hydrogen-bond acceptors (Lipinski definition) is 10. The molecule has 6 atom stereocenters. The molecular formula is C34H40O10. The van der Waals surface area contributed by atoms with Gasteiger partial charge in [-0.05, 0) is 12.1 Å². The molecule has 3 aliphatic heterocycles. The molecule has 2 fully saturated rings. The fourth-order valence-corrected chi connectivity index (χ4v) is 5.36. The van der Waals surface area contributed by atoms with E-state index in [1.165, 1.54) is 0 Å². The van der Waals surface area contributed by atoms with Gasteiger partial charge in [0.25, 0.3) is 0 Å². The van der Waals surface area contributed by atoms with E-state index in [0.717, 1.165) is 11.1 Å². The van der Waals surface area contributed by atoms with Crippen LogP contribution in [0.25, 0.3) is 0 Å². The van der Waals surface area contributed by atoms with E-state index < -0.39 is 37.0 Å². The molecule has 3 heterocycles. The molecule has 0 bridgehead atoms. The Morgan fingerprint density at radius 2 is 0.818 bits per heavy atom. The zero-order valence-corrected chi connectivity index (χ0v) is 24.7. The quantitative estimate of drug-likeness (QED) is 0.415. The van der Waals surface area contributed by atoms with Crippen molar-refractivity contribution in [2.75, 3.05) is 66.1 Å². The molecule has 44 heavy (non-hydrogen) atoms. The first-order valence-electron chi connectivity index (χ1n) is 15.2. The van der Waals surface area contributed by atoms with Crippen molar-refractivity contribution < 1.29 is 47.4 Å². The Balaban J connectivity index is 1.18. The SMILES string of the molecule is c1ccc([C@@H]2OC[C@H]3OCCOCCOc4ccccc4OCCOCCO[C@H]4CO[C@H](c5ccccc5)O[C@H]4[C@@H]3O2)cc1. The maximum atomic E-state index is 6.62. The molecule has 10 heteroatoms. The zero-order chi connectivity index (χ0) is 29.8. The highest BCUT2D eigenvalue weighted by atomic mass is 16.7. The summed E-state index contributed by atoms with van der Waals surface area (Å²) in [7, 11) is 0. The zero-order valence-electron chi connectivity index (χ0n) is 24.7. The molecule has 10 nitrogen and oxygen atoms in total.